The zero-order valence-corrected chi connectivity index (χ0v) is 11.3. The summed E-state index contributed by atoms with van der Waals surface area (Å²) in [6.45, 7) is 3.88. The molecule has 2 saturated heterocycles. The van der Waals surface area contributed by atoms with E-state index in [0.717, 1.165) is 32.4 Å². The van der Waals surface area contributed by atoms with Gasteiger partial charge in [0.25, 0.3) is 0 Å². The van der Waals surface area contributed by atoms with Gasteiger partial charge in [-0.05, 0) is 51.1 Å². The van der Waals surface area contributed by atoms with E-state index < -0.39 is 0 Å². The molecule has 4 heteroatoms. The third-order valence-corrected chi connectivity index (χ3v) is 5.69. The lowest BCUT2D eigenvalue weighted by molar-refractivity contribution is -0.148. The third kappa shape index (κ3) is 1.38. The molecule has 2 bridgehead atoms. The largest absolute Gasteiger partial charge is 0.317 e. The minimum Gasteiger partial charge on any atom is -0.317 e. The third-order valence-electron chi connectivity index (χ3n) is 5.69. The molecular formula is C15H20N2O2. The minimum atomic E-state index is -0.261. The summed E-state index contributed by atoms with van der Waals surface area (Å²) in [6, 6.07) is 0. The highest BCUT2D eigenvalue weighted by molar-refractivity contribution is 6.07. The molecule has 4 atom stereocenters. The van der Waals surface area contributed by atoms with E-state index in [0.29, 0.717) is 11.8 Å². The van der Waals surface area contributed by atoms with Gasteiger partial charge in [-0.1, -0.05) is 12.2 Å². The summed E-state index contributed by atoms with van der Waals surface area (Å²) in [5.74, 6) is 0.763. The number of rotatable bonds is 1. The summed E-state index contributed by atoms with van der Waals surface area (Å²) in [4.78, 5) is 27.1. The van der Waals surface area contributed by atoms with E-state index in [4.69, 9.17) is 0 Å². The molecule has 2 aliphatic heterocycles. The molecule has 2 aliphatic carbocycles. The van der Waals surface area contributed by atoms with Crippen molar-refractivity contribution >= 4 is 11.8 Å². The number of piperidine rings is 1. The molecule has 0 aromatic heterocycles. The Morgan fingerprint density at radius 1 is 1.11 bits per heavy atom. The van der Waals surface area contributed by atoms with Crippen LogP contribution in [0.3, 0.4) is 0 Å². The van der Waals surface area contributed by atoms with Crippen LogP contribution in [0, 0.1) is 23.7 Å². The molecule has 2 amide bonds. The van der Waals surface area contributed by atoms with Crippen molar-refractivity contribution in [2.24, 2.45) is 23.7 Å². The number of likely N-dealkylation sites (tertiary alicyclic amines) is 1. The smallest absolute Gasteiger partial charge is 0.234 e. The van der Waals surface area contributed by atoms with Crippen LogP contribution >= 0.6 is 0 Å². The summed E-state index contributed by atoms with van der Waals surface area (Å²) in [6.07, 6.45) is 7.09. The molecule has 0 radical (unpaired) electrons. The first-order chi connectivity index (χ1) is 9.12. The molecular weight excluding hydrogens is 240 g/mol. The molecule has 3 fully saturated rings. The van der Waals surface area contributed by atoms with Crippen molar-refractivity contribution in [2.75, 3.05) is 13.1 Å². The first-order valence-corrected chi connectivity index (χ1v) is 7.39. The second-order valence-corrected chi connectivity index (χ2v) is 6.76. The Labute approximate surface area is 113 Å². The number of nitrogens with one attached hydrogen (secondary N) is 1. The fraction of sp³-hybridized carbons (Fsp3) is 0.733. The topological polar surface area (TPSA) is 49.4 Å². The quantitative estimate of drug-likeness (QED) is 0.564. The maximum absolute atomic E-state index is 12.7. The van der Waals surface area contributed by atoms with E-state index >= 15 is 0 Å². The zero-order valence-electron chi connectivity index (χ0n) is 11.3. The Balaban J connectivity index is 1.69. The zero-order chi connectivity index (χ0) is 13.2. The summed E-state index contributed by atoms with van der Waals surface area (Å²) in [7, 11) is 0. The number of fused-ring (bicyclic) bond motifs is 5. The highest BCUT2D eigenvalue weighted by Gasteiger charge is 2.62. The van der Waals surface area contributed by atoms with Crippen molar-refractivity contribution in [3.8, 4) is 0 Å². The van der Waals surface area contributed by atoms with Gasteiger partial charge in [-0.2, -0.15) is 0 Å². The van der Waals surface area contributed by atoms with Gasteiger partial charge < -0.3 is 5.32 Å². The summed E-state index contributed by atoms with van der Waals surface area (Å²) >= 11 is 0. The predicted octanol–water partition coefficient (Wildman–Crippen LogP) is 0.936. The Morgan fingerprint density at radius 2 is 1.63 bits per heavy atom. The van der Waals surface area contributed by atoms with Crippen molar-refractivity contribution in [2.45, 2.75) is 31.7 Å². The average molecular weight is 260 g/mol. The molecule has 0 aromatic rings. The lowest BCUT2D eigenvalue weighted by Gasteiger charge is -2.41. The second kappa shape index (κ2) is 3.69. The number of allylic oxidation sites excluding steroid dienone is 2. The SMILES string of the molecule is CC1(N2C(=O)C3C4C=CC(C4)C3C2=O)CCNCC1. The lowest BCUT2D eigenvalue weighted by Crippen LogP contribution is -2.55. The molecule has 2 heterocycles. The Morgan fingerprint density at radius 3 is 2.16 bits per heavy atom. The minimum absolute atomic E-state index is 0.0470. The maximum Gasteiger partial charge on any atom is 0.234 e. The lowest BCUT2D eigenvalue weighted by atomic mass is 9.85. The van der Waals surface area contributed by atoms with Gasteiger partial charge in [-0.15, -0.1) is 0 Å². The van der Waals surface area contributed by atoms with Crippen molar-refractivity contribution in [1.82, 2.24) is 10.2 Å². The highest BCUT2D eigenvalue weighted by Crippen LogP contribution is 2.54. The molecule has 1 saturated carbocycles. The van der Waals surface area contributed by atoms with E-state index in [1.54, 1.807) is 4.90 Å². The van der Waals surface area contributed by atoms with Crippen molar-refractivity contribution < 1.29 is 9.59 Å². The number of hydrogen-bond acceptors (Lipinski definition) is 3. The van der Waals surface area contributed by atoms with Gasteiger partial charge in [-0.25, -0.2) is 0 Å². The summed E-state index contributed by atoms with van der Waals surface area (Å²) in [5, 5.41) is 3.31. The van der Waals surface area contributed by atoms with Crippen LogP contribution in [0.4, 0.5) is 0 Å². The summed E-state index contributed by atoms with van der Waals surface area (Å²) in [5.41, 5.74) is -0.261. The van der Waals surface area contributed by atoms with Gasteiger partial charge >= 0.3 is 0 Å². The molecule has 4 nitrogen and oxygen atoms in total. The maximum atomic E-state index is 12.7. The molecule has 1 N–H and O–H groups in total. The van der Waals surface area contributed by atoms with Gasteiger partial charge in [0.2, 0.25) is 11.8 Å². The Hall–Kier alpha value is -1.16. The number of amides is 2. The predicted molar refractivity (Wildman–Crippen MR) is 70.1 cm³/mol. The van der Waals surface area contributed by atoms with Crippen molar-refractivity contribution in [1.29, 1.82) is 0 Å². The molecule has 4 unspecified atom stereocenters. The van der Waals surface area contributed by atoms with Crippen LogP contribution < -0.4 is 5.32 Å². The van der Waals surface area contributed by atoms with Crippen molar-refractivity contribution in [3.63, 3.8) is 0 Å². The molecule has 0 spiro atoms. The number of carbonyl (C=O) groups excluding carboxylic acids is 2. The highest BCUT2D eigenvalue weighted by atomic mass is 16.2. The van der Waals surface area contributed by atoms with Crippen LogP contribution in [-0.2, 0) is 9.59 Å². The first kappa shape index (κ1) is 11.6. The van der Waals surface area contributed by atoms with E-state index in [1.807, 2.05) is 0 Å². The van der Waals surface area contributed by atoms with Gasteiger partial charge in [0, 0.05) is 0 Å². The van der Waals surface area contributed by atoms with E-state index in [9.17, 15) is 9.59 Å². The molecule has 0 aromatic carbocycles. The number of carbonyl (C=O) groups is 2. The average Bonchev–Trinajstić information content (AvgIpc) is 3.04. The monoisotopic (exact) mass is 260 g/mol. The number of hydrogen-bond donors (Lipinski definition) is 1. The van der Waals surface area contributed by atoms with Gasteiger partial charge in [0.15, 0.2) is 0 Å². The fourth-order valence-electron chi connectivity index (χ4n) is 4.62. The van der Waals surface area contributed by atoms with Crippen LogP contribution in [0.15, 0.2) is 12.2 Å². The second-order valence-electron chi connectivity index (χ2n) is 6.76. The standard InChI is InChI=1S/C15H20N2O2/c1-15(4-6-16-7-5-15)17-13(18)11-9-2-3-10(8-9)12(11)14(17)19/h2-3,9-12,16H,4-8H2,1H3. The summed E-state index contributed by atoms with van der Waals surface area (Å²) < 4.78 is 0. The number of nitrogens with zero attached hydrogens (tertiary/aromatic N) is 1. The molecule has 19 heavy (non-hydrogen) atoms. The van der Waals surface area contributed by atoms with E-state index in [2.05, 4.69) is 24.4 Å². The van der Waals surface area contributed by atoms with Crippen LogP contribution in [-0.4, -0.2) is 35.3 Å². The number of imide groups is 1. The van der Waals surface area contributed by atoms with Crippen LogP contribution in [0.1, 0.15) is 26.2 Å². The van der Waals surface area contributed by atoms with Gasteiger partial charge in [0.05, 0.1) is 17.4 Å². The van der Waals surface area contributed by atoms with E-state index in [-0.39, 0.29) is 29.2 Å². The van der Waals surface area contributed by atoms with Gasteiger partial charge in [0.1, 0.15) is 0 Å². The molecule has 102 valence electrons. The van der Waals surface area contributed by atoms with E-state index in [1.165, 1.54) is 0 Å². The first-order valence-electron chi connectivity index (χ1n) is 7.39. The van der Waals surface area contributed by atoms with Crippen LogP contribution in [0.5, 0.6) is 0 Å². The van der Waals surface area contributed by atoms with Gasteiger partial charge in [-0.3, -0.25) is 14.5 Å². The van der Waals surface area contributed by atoms with Crippen molar-refractivity contribution in [3.05, 3.63) is 12.2 Å². The Kier molecular flexibility index (Phi) is 2.26. The Bertz CT molecular complexity index is 449. The van der Waals surface area contributed by atoms with Crippen LogP contribution in [0.25, 0.3) is 0 Å². The van der Waals surface area contributed by atoms with Crippen LogP contribution in [0.2, 0.25) is 0 Å². The fourth-order valence-corrected chi connectivity index (χ4v) is 4.62. The molecule has 4 rings (SSSR count). The molecule has 4 aliphatic rings. The normalized spacial score (nSPS) is 43.1.